The molecule has 2 aromatic rings. The summed E-state index contributed by atoms with van der Waals surface area (Å²) in [4.78, 5) is 159. The summed E-state index contributed by atoms with van der Waals surface area (Å²) in [6.07, 6.45) is 4.84. The van der Waals surface area contributed by atoms with Crippen LogP contribution < -0.4 is 65.9 Å². The second-order valence-corrected chi connectivity index (χ2v) is 22.9. The summed E-state index contributed by atoms with van der Waals surface area (Å²) in [7, 11) is 2.54. The molecule has 78 heavy (non-hydrogen) atoms. The number of nitrogens with two attached hydrogens (primary N) is 5. The fourth-order valence-corrected chi connectivity index (χ4v) is 13.1. The van der Waals surface area contributed by atoms with E-state index < -0.39 is 137 Å². The number of para-hydroxylation sites is 1. The topological polar surface area (TPSA) is 433 Å². The number of carbonyl (C=O) groups excluding carboxylic acids is 11. The molecule has 8 atom stereocenters. The Bertz CT molecular complexity index is 2550. The molecule has 5 rings (SSSR count). The van der Waals surface area contributed by atoms with Gasteiger partial charge in [-0.1, -0.05) is 79.3 Å². The molecule has 2 saturated heterocycles. The minimum atomic E-state index is -1.75. The van der Waals surface area contributed by atoms with Crippen molar-refractivity contribution in [2.75, 3.05) is 25.4 Å². The molecule has 0 radical (unpaired) electrons. The molecule has 3 aliphatic rings. The van der Waals surface area contributed by atoms with Gasteiger partial charge in [0, 0.05) is 60.0 Å². The SMILES string of the molecule is CC[C@H](C)[C@H]1NC(=O)[C@@H](Cc2c[nH]c3ccccc23)NC(=O)CC2(CCCCC2)SSC[C@@H](C(=O)N2CCC[C@H]2C(=O)N[C@@H](CCCN=C(N)N)C(=O)NCC(N)=O)NC(=O)[C@H](CC(N)=O)NC(=O)[C@H](CCC(N)=O)NC1=O. The van der Waals surface area contributed by atoms with Gasteiger partial charge in [0.2, 0.25) is 65.0 Å². The maximum absolute atomic E-state index is 14.9. The summed E-state index contributed by atoms with van der Waals surface area (Å²) in [5.41, 5.74) is 28.8. The van der Waals surface area contributed by atoms with Crippen LogP contribution in [0.15, 0.2) is 35.5 Å². The van der Waals surface area contributed by atoms with Gasteiger partial charge in [-0.2, -0.15) is 0 Å². The van der Waals surface area contributed by atoms with Gasteiger partial charge >= 0.3 is 0 Å². The zero-order valence-electron chi connectivity index (χ0n) is 44.0. The first-order chi connectivity index (χ1) is 37.1. The molecular formula is C50H75N15O11S2. The van der Waals surface area contributed by atoms with Gasteiger partial charge in [0.15, 0.2) is 5.96 Å². The summed E-state index contributed by atoms with van der Waals surface area (Å²) < 4.78 is -0.726. The molecule has 1 aromatic carbocycles. The van der Waals surface area contributed by atoms with Gasteiger partial charge in [-0.15, -0.1) is 0 Å². The van der Waals surface area contributed by atoms with Crippen LogP contribution in [0.3, 0.4) is 0 Å². The third-order valence-electron chi connectivity index (χ3n) is 14.1. The van der Waals surface area contributed by atoms with E-state index in [-0.39, 0.29) is 63.3 Å². The van der Waals surface area contributed by atoms with Gasteiger partial charge in [-0.25, -0.2) is 0 Å². The van der Waals surface area contributed by atoms with Crippen LogP contribution in [0.2, 0.25) is 0 Å². The van der Waals surface area contributed by atoms with Crippen molar-refractivity contribution < 1.29 is 52.7 Å². The molecule has 1 aliphatic carbocycles. The largest absolute Gasteiger partial charge is 0.370 e. The van der Waals surface area contributed by atoms with Crippen molar-refractivity contribution in [3.63, 3.8) is 0 Å². The first-order valence-electron chi connectivity index (χ1n) is 26.3. The number of benzene rings is 1. The number of aromatic amines is 1. The highest BCUT2D eigenvalue weighted by Gasteiger charge is 2.42. The smallest absolute Gasteiger partial charge is 0.246 e. The number of amides is 11. The number of aromatic nitrogens is 1. The molecule has 18 N–H and O–H groups in total. The molecule has 1 saturated carbocycles. The first-order valence-corrected chi connectivity index (χ1v) is 28.6. The Balaban J connectivity index is 1.53. The van der Waals surface area contributed by atoms with Gasteiger partial charge in [0.05, 0.1) is 13.0 Å². The highest BCUT2D eigenvalue weighted by molar-refractivity contribution is 8.77. The van der Waals surface area contributed by atoms with Gasteiger partial charge in [0.25, 0.3) is 0 Å². The normalized spacial score (nSPS) is 23.5. The highest BCUT2D eigenvalue weighted by Crippen LogP contribution is 2.48. The number of H-pyrrole nitrogens is 1. The van der Waals surface area contributed by atoms with E-state index >= 15 is 0 Å². The van der Waals surface area contributed by atoms with Gasteiger partial charge < -0.3 is 75.8 Å². The number of likely N-dealkylation sites (tertiary alicyclic amines) is 1. The Hall–Kier alpha value is -7.10. The summed E-state index contributed by atoms with van der Waals surface area (Å²) in [6.45, 7) is 3.14. The maximum Gasteiger partial charge on any atom is 0.246 e. The molecule has 3 fully saturated rings. The van der Waals surface area contributed by atoms with E-state index in [1.165, 1.54) is 26.5 Å². The number of aliphatic imine (C=N–C) groups is 1. The molecule has 26 nitrogen and oxygen atoms in total. The van der Waals surface area contributed by atoms with Crippen molar-refractivity contribution in [2.24, 2.45) is 39.6 Å². The van der Waals surface area contributed by atoms with Crippen molar-refractivity contribution in [3.05, 3.63) is 36.0 Å². The number of carbonyl (C=O) groups is 11. The molecule has 28 heteroatoms. The number of fused-ring (bicyclic) bond motifs is 1. The minimum Gasteiger partial charge on any atom is -0.370 e. The van der Waals surface area contributed by atoms with Gasteiger partial charge in [-0.05, 0) is 62.5 Å². The van der Waals surface area contributed by atoms with Crippen molar-refractivity contribution in [1.29, 1.82) is 0 Å². The fraction of sp³-hybridized carbons (Fsp3) is 0.600. The molecule has 1 spiro atoms. The number of hydrogen-bond acceptors (Lipinski definition) is 14. The van der Waals surface area contributed by atoms with E-state index in [0.717, 1.165) is 35.7 Å². The summed E-state index contributed by atoms with van der Waals surface area (Å²) >= 11 is 0. The fourth-order valence-electron chi connectivity index (χ4n) is 9.72. The summed E-state index contributed by atoms with van der Waals surface area (Å²) in [5, 5.41) is 19.4. The molecule has 11 amide bonds. The Labute approximate surface area is 459 Å². The predicted octanol–water partition coefficient (Wildman–Crippen LogP) is -2.06. The van der Waals surface area contributed by atoms with E-state index in [1.54, 1.807) is 20.0 Å². The van der Waals surface area contributed by atoms with Crippen LogP contribution in [-0.4, -0.2) is 153 Å². The first kappa shape index (κ1) is 61.7. The van der Waals surface area contributed by atoms with Crippen molar-refractivity contribution >= 4 is 103 Å². The van der Waals surface area contributed by atoms with E-state index in [0.29, 0.717) is 25.7 Å². The van der Waals surface area contributed by atoms with Crippen LogP contribution in [0.25, 0.3) is 10.9 Å². The van der Waals surface area contributed by atoms with Gasteiger partial charge in [0.1, 0.15) is 42.3 Å². The summed E-state index contributed by atoms with van der Waals surface area (Å²) in [5.74, 6) is -9.80. The summed E-state index contributed by atoms with van der Waals surface area (Å²) in [6, 6.07) is -2.17. The zero-order valence-corrected chi connectivity index (χ0v) is 45.7. The Morgan fingerprint density at radius 3 is 2.19 bits per heavy atom. The van der Waals surface area contributed by atoms with Crippen molar-refractivity contribution in [2.45, 2.75) is 157 Å². The molecular weight excluding hydrogens is 1050 g/mol. The standard InChI is InChI=1S/C50H75N15O11S2/c1-3-27(2)41-47(75)61-32(15-16-37(51)66)43(71)62-34(22-38(52)67)44(72)63-35(48(76)65-20-10-14-36(65)46(74)60-31(13-9-19-56-49(54)55)42(70)58-25-39(53)68)26-77-78-50(17-7-4-8-18-50)23-40(69)59-33(45(73)64-41)21-28-24-57-30-12-6-5-11-29(28)30/h5-6,11-12,24,27,31-36,41,57H,3-4,7-10,13-23,25-26H2,1-2H3,(H2,51,66)(H2,52,67)(H2,53,68)(H,58,70)(H,59,69)(H,60,74)(H,61,75)(H,62,71)(H,63,72)(H,64,73)(H4,54,55,56)/t27-,31-,32-,33+,34-,35-,36-,41+/m0/s1. The monoisotopic (exact) mass is 1130 g/mol. The van der Waals surface area contributed by atoms with Crippen LogP contribution in [-0.2, 0) is 59.2 Å². The lowest BCUT2D eigenvalue weighted by Crippen LogP contribution is -2.61. The number of nitrogens with zero attached hydrogens (tertiary/aromatic N) is 2. The Morgan fingerprint density at radius 2 is 1.51 bits per heavy atom. The highest BCUT2D eigenvalue weighted by atomic mass is 33.1. The Morgan fingerprint density at radius 1 is 0.821 bits per heavy atom. The van der Waals surface area contributed by atoms with Crippen LogP contribution in [0.1, 0.15) is 109 Å². The number of nitrogens with one attached hydrogen (secondary N) is 8. The average molecular weight is 1130 g/mol. The predicted molar refractivity (Wildman–Crippen MR) is 293 cm³/mol. The number of primary amides is 3. The van der Waals surface area contributed by atoms with E-state index in [1.807, 2.05) is 24.3 Å². The molecule has 3 heterocycles. The zero-order chi connectivity index (χ0) is 57.1. The second-order valence-electron chi connectivity index (χ2n) is 20.1. The molecule has 428 valence electrons. The molecule has 1 aromatic heterocycles. The average Bonchev–Trinajstić information content (AvgIpc) is 4.07. The van der Waals surface area contributed by atoms with E-state index in [9.17, 15) is 52.7 Å². The quantitative estimate of drug-likeness (QED) is 0.0311. The minimum absolute atomic E-state index is 0.0243. The molecule has 2 aliphatic heterocycles. The number of rotatable bonds is 19. The van der Waals surface area contributed by atoms with Gasteiger partial charge in [-0.3, -0.25) is 57.7 Å². The number of guanidine groups is 1. The maximum atomic E-state index is 14.9. The lowest BCUT2D eigenvalue weighted by molar-refractivity contribution is -0.142. The van der Waals surface area contributed by atoms with Crippen LogP contribution in [0, 0.1) is 5.92 Å². The molecule has 0 unspecified atom stereocenters. The van der Waals surface area contributed by atoms with Crippen molar-refractivity contribution in [3.8, 4) is 0 Å². The van der Waals surface area contributed by atoms with Crippen molar-refractivity contribution in [1.82, 2.24) is 47.1 Å². The Kier molecular flexibility index (Phi) is 23.4. The lowest BCUT2D eigenvalue weighted by atomic mass is 9.85. The van der Waals surface area contributed by atoms with E-state index in [2.05, 4.69) is 47.2 Å². The third kappa shape index (κ3) is 18.3. The number of hydrogen-bond donors (Lipinski definition) is 13. The van der Waals surface area contributed by atoms with Crippen LogP contribution in [0.4, 0.5) is 0 Å². The second kappa shape index (κ2) is 29.6. The van der Waals surface area contributed by atoms with Crippen LogP contribution >= 0.6 is 21.6 Å². The third-order valence-corrected chi connectivity index (χ3v) is 17.4. The van der Waals surface area contributed by atoms with E-state index in [4.69, 9.17) is 28.7 Å². The molecule has 0 bridgehead atoms. The van der Waals surface area contributed by atoms with Crippen LogP contribution in [0.5, 0.6) is 0 Å². The lowest BCUT2D eigenvalue weighted by Gasteiger charge is -2.37.